The van der Waals surface area contributed by atoms with Crippen LogP contribution in [0.2, 0.25) is 0 Å². The average molecular weight is 239 g/mol. The Kier molecular flexibility index (Phi) is 4.94. The Labute approximate surface area is 103 Å². The van der Waals surface area contributed by atoms with E-state index in [1.807, 2.05) is 12.1 Å². The standard InChI is InChI=1S/C14H22FNO/c1-14(2,3)16-10-6-8-11-7-5-9-12(17-4)13(11)15/h5,7,9,16H,6,8,10H2,1-4H3. The molecule has 96 valence electrons. The molecule has 0 amide bonds. The van der Waals surface area contributed by atoms with E-state index in [-0.39, 0.29) is 11.4 Å². The van der Waals surface area contributed by atoms with Crippen molar-refractivity contribution in [1.82, 2.24) is 5.32 Å². The zero-order valence-electron chi connectivity index (χ0n) is 11.1. The molecule has 0 aliphatic rings. The molecule has 0 aliphatic heterocycles. The first-order valence-electron chi connectivity index (χ1n) is 6.00. The summed E-state index contributed by atoms with van der Waals surface area (Å²) in [7, 11) is 1.49. The first kappa shape index (κ1) is 14.0. The molecule has 0 bridgehead atoms. The van der Waals surface area contributed by atoms with E-state index in [1.54, 1.807) is 6.07 Å². The molecule has 0 unspecified atom stereocenters. The van der Waals surface area contributed by atoms with Gasteiger partial charge in [-0.05, 0) is 51.8 Å². The van der Waals surface area contributed by atoms with E-state index in [9.17, 15) is 4.39 Å². The van der Waals surface area contributed by atoms with Crippen LogP contribution in [0.5, 0.6) is 5.75 Å². The Morgan fingerprint density at radius 1 is 1.29 bits per heavy atom. The lowest BCUT2D eigenvalue weighted by Gasteiger charge is -2.20. The Morgan fingerprint density at radius 2 is 2.00 bits per heavy atom. The third-order valence-corrected chi connectivity index (χ3v) is 2.54. The highest BCUT2D eigenvalue weighted by molar-refractivity contribution is 5.31. The zero-order valence-corrected chi connectivity index (χ0v) is 11.1. The van der Waals surface area contributed by atoms with Gasteiger partial charge in [-0.3, -0.25) is 0 Å². The molecule has 0 saturated carbocycles. The molecule has 1 aromatic rings. The summed E-state index contributed by atoms with van der Waals surface area (Å²) in [6, 6.07) is 5.29. The number of benzene rings is 1. The molecule has 0 fully saturated rings. The van der Waals surface area contributed by atoms with E-state index in [0.717, 1.165) is 24.9 Å². The zero-order chi connectivity index (χ0) is 12.9. The number of methoxy groups -OCH3 is 1. The second-order valence-corrected chi connectivity index (χ2v) is 5.21. The SMILES string of the molecule is COc1cccc(CCCNC(C)(C)C)c1F. The van der Waals surface area contributed by atoms with E-state index in [0.29, 0.717) is 5.75 Å². The van der Waals surface area contributed by atoms with Crippen molar-refractivity contribution in [3.8, 4) is 5.75 Å². The smallest absolute Gasteiger partial charge is 0.168 e. The summed E-state index contributed by atoms with van der Waals surface area (Å²) in [5.41, 5.74) is 0.840. The molecule has 1 N–H and O–H groups in total. The van der Waals surface area contributed by atoms with E-state index in [4.69, 9.17) is 4.74 Å². The predicted octanol–water partition coefficient (Wildman–Crippen LogP) is 3.16. The van der Waals surface area contributed by atoms with E-state index >= 15 is 0 Å². The van der Waals surface area contributed by atoms with Crippen LogP contribution in [0.3, 0.4) is 0 Å². The quantitative estimate of drug-likeness (QED) is 0.797. The molecule has 1 rings (SSSR count). The summed E-state index contributed by atoms with van der Waals surface area (Å²) < 4.78 is 18.7. The van der Waals surface area contributed by atoms with Gasteiger partial charge in [-0.15, -0.1) is 0 Å². The van der Waals surface area contributed by atoms with Gasteiger partial charge < -0.3 is 10.1 Å². The summed E-state index contributed by atoms with van der Waals surface area (Å²) in [6.45, 7) is 7.26. The number of hydrogen-bond donors (Lipinski definition) is 1. The summed E-state index contributed by atoms with van der Waals surface area (Å²) in [6.07, 6.45) is 1.65. The molecule has 3 heteroatoms. The maximum Gasteiger partial charge on any atom is 0.168 e. The van der Waals surface area contributed by atoms with Crippen LogP contribution in [0.1, 0.15) is 32.8 Å². The average Bonchev–Trinajstić information content (AvgIpc) is 2.25. The van der Waals surface area contributed by atoms with Gasteiger partial charge in [0, 0.05) is 5.54 Å². The predicted molar refractivity (Wildman–Crippen MR) is 69.0 cm³/mol. The number of nitrogens with one attached hydrogen (secondary N) is 1. The van der Waals surface area contributed by atoms with Crippen LogP contribution in [-0.2, 0) is 6.42 Å². The van der Waals surface area contributed by atoms with Crippen molar-refractivity contribution in [3.05, 3.63) is 29.6 Å². The van der Waals surface area contributed by atoms with Crippen LogP contribution in [0, 0.1) is 5.82 Å². The van der Waals surface area contributed by atoms with Crippen molar-refractivity contribution in [2.45, 2.75) is 39.2 Å². The second kappa shape index (κ2) is 6.01. The summed E-state index contributed by atoms with van der Waals surface area (Å²) in [5.74, 6) is 0.0945. The number of ether oxygens (including phenoxy) is 1. The van der Waals surface area contributed by atoms with E-state index in [2.05, 4.69) is 26.1 Å². The first-order valence-corrected chi connectivity index (χ1v) is 6.00. The third kappa shape index (κ3) is 4.73. The molecule has 0 radical (unpaired) electrons. The molecule has 1 aromatic carbocycles. The van der Waals surface area contributed by atoms with Gasteiger partial charge in [0.05, 0.1) is 7.11 Å². The topological polar surface area (TPSA) is 21.3 Å². The lowest BCUT2D eigenvalue weighted by molar-refractivity contribution is 0.383. The van der Waals surface area contributed by atoms with Crippen LogP contribution in [0.4, 0.5) is 4.39 Å². The van der Waals surface area contributed by atoms with Gasteiger partial charge in [0.25, 0.3) is 0 Å². The fourth-order valence-corrected chi connectivity index (χ4v) is 1.65. The fourth-order valence-electron chi connectivity index (χ4n) is 1.65. The highest BCUT2D eigenvalue weighted by atomic mass is 19.1. The normalized spacial score (nSPS) is 11.6. The molecular weight excluding hydrogens is 217 g/mol. The number of aryl methyl sites for hydroxylation is 1. The lowest BCUT2D eigenvalue weighted by atomic mass is 10.1. The maximum atomic E-state index is 13.8. The minimum absolute atomic E-state index is 0.118. The van der Waals surface area contributed by atoms with Gasteiger partial charge in [-0.1, -0.05) is 12.1 Å². The fraction of sp³-hybridized carbons (Fsp3) is 0.571. The molecule has 0 aliphatic carbocycles. The van der Waals surface area contributed by atoms with Crippen LogP contribution in [0.15, 0.2) is 18.2 Å². The highest BCUT2D eigenvalue weighted by Gasteiger charge is 2.10. The third-order valence-electron chi connectivity index (χ3n) is 2.54. The van der Waals surface area contributed by atoms with Gasteiger partial charge in [0.1, 0.15) is 0 Å². The highest BCUT2D eigenvalue weighted by Crippen LogP contribution is 2.20. The Balaban J connectivity index is 2.47. The first-order chi connectivity index (χ1) is 7.94. The summed E-state index contributed by atoms with van der Waals surface area (Å²) in [5, 5.41) is 3.39. The Morgan fingerprint density at radius 3 is 2.59 bits per heavy atom. The number of halogens is 1. The van der Waals surface area contributed by atoms with Crippen molar-refractivity contribution < 1.29 is 9.13 Å². The maximum absolute atomic E-state index is 13.8. The van der Waals surface area contributed by atoms with E-state index < -0.39 is 0 Å². The van der Waals surface area contributed by atoms with Gasteiger partial charge in [-0.25, -0.2) is 4.39 Å². The molecule has 0 spiro atoms. The number of hydrogen-bond acceptors (Lipinski definition) is 2. The minimum Gasteiger partial charge on any atom is -0.494 e. The minimum atomic E-state index is -0.231. The largest absolute Gasteiger partial charge is 0.494 e. The molecule has 2 nitrogen and oxygen atoms in total. The van der Waals surface area contributed by atoms with Gasteiger partial charge in [0.15, 0.2) is 11.6 Å². The summed E-state index contributed by atoms with van der Waals surface area (Å²) in [4.78, 5) is 0. The number of rotatable bonds is 5. The Bertz CT molecular complexity index is 358. The van der Waals surface area contributed by atoms with Crippen molar-refractivity contribution in [1.29, 1.82) is 0 Å². The lowest BCUT2D eigenvalue weighted by Crippen LogP contribution is -2.36. The molecule has 0 aromatic heterocycles. The van der Waals surface area contributed by atoms with Crippen LogP contribution in [-0.4, -0.2) is 19.2 Å². The van der Waals surface area contributed by atoms with Crippen molar-refractivity contribution >= 4 is 0 Å². The van der Waals surface area contributed by atoms with Gasteiger partial charge >= 0.3 is 0 Å². The Hall–Kier alpha value is -1.09. The molecule has 0 atom stereocenters. The molecule has 17 heavy (non-hydrogen) atoms. The van der Waals surface area contributed by atoms with Crippen LogP contribution >= 0.6 is 0 Å². The van der Waals surface area contributed by atoms with Crippen molar-refractivity contribution in [2.75, 3.05) is 13.7 Å². The molecular formula is C14H22FNO. The molecule has 0 heterocycles. The summed E-state index contributed by atoms with van der Waals surface area (Å²) >= 11 is 0. The van der Waals surface area contributed by atoms with Gasteiger partial charge in [0.2, 0.25) is 0 Å². The van der Waals surface area contributed by atoms with Crippen LogP contribution < -0.4 is 10.1 Å². The van der Waals surface area contributed by atoms with Crippen molar-refractivity contribution in [3.63, 3.8) is 0 Å². The van der Waals surface area contributed by atoms with Crippen LogP contribution in [0.25, 0.3) is 0 Å². The van der Waals surface area contributed by atoms with Gasteiger partial charge in [-0.2, -0.15) is 0 Å². The van der Waals surface area contributed by atoms with E-state index in [1.165, 1.54) is 7.11 Å². The monoisotopic (exact) mass is 239 g/mol. The second-order valence-electron chi connectivity index (χ2n) is 5.21. The molecule has 0 saturated heterocycles. The van der Waals surface area contributed by atoms with Crippen molar-refractivity contribution in [2.24, 2.45) is 0 Å².